The molecule has 0 fully saturated rings. The number of hydrogen-bond acceptors (Lipinski definition) is 3. The Kier molecular flexibility index (Phi) is 5.86. The lowest BCUT2D eigenvalue weighted by molar-refractivity contribution is 0.0499. The van der Waals surface area contributed by atoms with Crippen molar-refractivity contribution in [2.24, 2.45) is 0 Å². The molecule has 0 unspecified atom stereocenters. The molecule has 1 aromatic carbocycles. The highest BCUT2D eigenvalue weighted by atomic mass is 16.5. The standard InChI is InChI=1S/C14H18O3/c1-3-5-11-17-14(15)12-6-8-13(9-7-12)16-10-4-2/h4,6-9H,2-3,5,10-11H2,1H3. The maximum absolute atomic E-state index is 11.6. The number of carbonyl (C=O) groups is 1. The van der Waals surface area contributed by atoms with Gasteiger partial charge in [-0.25, -0.2) is 4.79 Å². The molecule has 1 rings (SSSR count). The van der Waals surface area contributed by atoms with Crippen LogP contribution in [-0.2, 0) is 4.74 Å². The van der Waals surface area contributed by atoms with Gasteiger partial charge in [0, 0.05) is 0 Å². The van der Waals surface area contributed by atoms with E-state index >= 15 is 0 Å². The monoisotopic (exact) mass is 234 g/mol. The molecule has 0 radical (unpaired) electrons. The van der Waals surface area contributed by atoms with Crippen LogP contribution in [0, 0.1) is 0 Å². The predicted octanol–water partition coefficient (Wildman–Crippen LogP) is 3.21. The highest BCUT2D eigenvalue weighted by Crippen LogP contribution is 2.13. The van der Waals surface area contributed by atoms with Crippen molar-refractivity contribution in [1.29, 1.82) is 0 Å². The molecule has 0 amide bonds. The maximum Gasteiger partial charge on any atom is 0.338 e. The van der Waals surface area contributed by atoms with Gasteiger partial charge in [0.2, 0.25) is 0 Å². The largest absolute Gasteiger partial charge is 0.490 e. The van der Waals surface area contributed by atoms with Crippen LogP contribution in [0.3, 0.4) is 0 Å². The van der Waals surface area contributed by atoms with E-state index in [1.165, 1.54) is 0 Å². The summed E-state index contributed by atoms with van der Waals surface area (Å²) in [4.78, 5) is 11.6. The van der Waals surface area contributed by atoms with Crippen LogP contribution in [0.25, 0.3) is 0 Å². The smallest absolute Gasteiger partial charge is 0.338 e. The van der Waals surface area contributed by atoms with E-state index in [1.807, 2.05) is 0 Å². The Bertz CT molecular complexity index is 354. The Balaban J connectivity index is 2.48. The van der Waals surface area contributed by atoms with Gasteiger partial charge in [0.1, 0.15) is 12.4 Å². The first-order chi connectivity index (χ1) is 8.27. The lowest BCUT2D eigenvalue weighted by Gasteiger charge is -2.05. The lowest BCUT2D eigenvalue weighted by atomic mass is 10.2. The minimum Gasteiger partial charge on any atom is -0.490 e. The van der Waals surface area contributed by atoms with Crippen molar-refractivity contribution in [3.63, 3.8) is 0 Å². The fourth-order valence-electron chi connectivity index (χ4n) is 1.23. The Labute approximate surface area is 102 Å². The summed E-state index contributed by atoms with van der Waals surface area (Å²) in [5.41, 5.74) is 0.548. The average molecular weight is 234 g/mol. The van der Waals surface area contributed by atoms with Crippen LogP contribution in [0.15, 0.2) is 36.9 Å². The van der Waals surface area contributed by atoms with Crippen molar-refractivity contribution in [2.75, 3.05) is 13.2 Å². The molecule has 0 aliphatic rings. The van der Waals surface area contributed by atoms with E-state index in [2.05, 4.69) is 13.5 Å². The van der Waals surface area contributed by atoms with E-state index in [0.29, 0.717) is 18.8 Å². The van der Waals surface area contributed by atoms with Gasteiger partial charge in [0.15, 0.2) is 0 Å². The van der Waals surface area contributed by atoms with Crippen LogP contribution >= 0.6 is 0 Å². The Morgan fingerprint density at radius 2 is 2.06 bits per heavy atom. The summed E-state index contributed by atoms with van der Waals surface area (Å²) in [6.45, 7) is 6.55. The second-order valence-corrected chi connectivity index (χ2v) is 3.61. The lowest BCUT2D eigenvalue weighted by Crippen LogP contribution is -2.06. The fraction of sp³-hybridized carbons (Fsp3) is 0.357. The molecule has 0 aliphatic heterocycles. The van der Waals surface area contributed by atoms with E-state index in [1.54, 1.807) is 30.3 Å². The molecule has 0 heterocycles. The molecular weight excluding hydrogens is 216 g/mol. The summed E-state index contributed by atoms with van der Waals surface area (Å²) in [5.74, 6) is 0.434. The van der Waals surface area contributed by atoms with Crippen molar-refractivity contribution in [2.45, 2.75) is 19.8 Å². The normalized spacial score (nSPS) is 9.71. The number of unbranched alkanes of at least 4 members (excludes halogenated alkanes) is 1. The first-order valence-corrected chi connectivity index (χ1v) is 5.78. The predicted molar refractivity (Wildman–Crippen MR) is 67.3 cm³/mol. The summed E-state index contributed by atoms with van der Waals surface area (Å²) in [7, 11) is 0. The molecule has 0 saturated heterocycles. The molecule has 0 aromatic heterocycles. The van der Waals surface area contributed by atoms with Gasteiger partial charge in [-0.2, -0.15) is 0 Å². The molecule has 0 atom stereocenters. The molecule has 0 N–H and O–H groups in total. The van der Waals surface area contributed by atoms with E-state index in [9.17, 15) is 4.79 Å². The molecular formula is C14H18O3. The Morgan fingerprint density at radius 1 is 1.35 bits per heavy atom. The summed E-state index contributed by atoms with van der Waals surface area (Å²) in [6, 6.07) is 6.90. The first kappa shape index (κ1) is 13.3. The van der Waals surface area contributed by atoms with E-state index < -0.39 is 0 Å². The zero-order valence-electron chi connectivity index (χ0n) is 10.1. The number of ether oxygens (including phenoxy) is 2. The minimum absolute atomic E-state index is 0.284. The third kappa shape index (κ3) is 4.72. The van der Waals surface area contributed by atoms with Crippen LogP contribution in [0.4, 0.5) is 0 Å². The van der Waals surface area contributed by atoms with Gasteiger partial charge in [-0.1, -0.05) is 26.0 Å². The number of esters is 1. The van der Waals surface area contributed by atoms with Gasteiger partial charge in [-0.15, -0.1) is 0 Å². The molecule has 3 heteroatoms. The van der Waals surface area contributed by atoms with Crippen molar-refractivity contribution in [3.05, 3.63) is 42.5 Å². The summed E-state index contributed by atoms with van der Waals surface area (Å²) >= 11 is 0. The first-order valence-electron chi connectivity index (χ1n) is 5.78. The quantitative estimate of drug-likeness (QED) is 0.413. The van der Waals surface area contributed by atoms with Crippen molar-refractivity contribution in [3.8, 4) is 5.75 Å². The second kappa shape index (κ2) is 7.49. The molecule has 1 aromatic rings. The molecule has 0 saturated carbocycles. The number of hydrogen-bond donors (Lipinski definition) is 0. The highest BCUT2D eigenvalue weighted by molar-refractivity contribution is 5.89. The van der Waals surface area contributed by atoms with Crippen molar-refractivity contribution >= 4 is 5.97 Å². The maximum atomic E-state index is 11.6. The summed E-state index contributed by atoms with van der Waals surface area (Å²) in [5, 5.41) is 0. The van der Waals surface area contributed by atoms with Gasteiger partial charge >= 0.3 is 5.97 Å². The van der Waals surface area contributed by atoms with Gasteiger partial charge < -0.3 is 9.47 Å². The third-order valence-electron chi connectivity index (χ3n) is 2.19. The summed E-state index contributed by atoms with van der Waals surface area (Å²) in [6.07, 6.45) is 3.58. The SMILES string of the molecule is C=CCOc1ccc(C(=O)OCCCC)cc1. The third-order valence-corrected chi connectivity index (χ3v) is 2.19. The van der Waals surface area contributed by atoms with Crippen LogP contribution in [0.5, 0.6) is 5.75 Å². The van der Waals surface area contributed by atoms with Crippen LogP contribution in [-0.4, -0.2) is 19.2 Å². The minimum atomic E-state index is -0.284. The van der Waals surface area contributed by atoms with Crippen molar-refractivity contribution in [1.82, 2.24) is 0 Å². The van der Waals surface area contributed by atoms with E-state index in [4.69, 9.17) is 9.47 Å². The van der Waals surface area contributed by atoms with Crippen LogP contribution < -0.4 is 4.74 Å². The van der Waals surface area contributed by atoms with Gasteiger partial charge in [0.05, 0.1) is 12.2 Å². The number of benzene rings is 1. The topological polar surface area (TPSA) is 35.5 Å². The summed E-state index contributed by atoms with van der Waals surface area (Å²) < 4.78 is 10.4. The van der Waals surface area contributed by atoms with Gasteiger partial charge in [0.25, 0.3) is 0 Å². The highest BCUT2D eigenvalue weighted by Gasteiger charge is 2.06. The average Bonchev–Trinajstić information content (AvgIpc) is 2.37. The molecule has 92 valence electrons. The Morgan fingerprint density at radius 3 is 2.65 bits per heavy atom. The molecule has 0 spiro atoms. The molecule has 0 aliphatic carbocycles. The Hall–Kier alpha value is -1.77. The fourth-order valence-corrected chi connectivity index (χ4v) is 1.23. The number of rotatable bonds is 7. The van der Waals surface area contributed by atoms with Crippen LogP contribution in [0.1, 0.15) is 30.1 Å². The van der Waals surface area contributed by atoms with E-state index in [-0.39, 0.29) is 5.97 Å². The molecule has 0 bridgehead atoms. The van der Waals surface area contributed by atoms with Gasteiger partial charge in [-0.3, -0.25) is 0 Å². The number of carbonyl (C=O) groups excluding carboxylic acids is 1. The zero-order chi connectivity index (χ0) is 12.5. The second-order valence-electron chi connectivity index (χ2n) is 3.61. The van der Waals surface area contributed by atoms with Crippen LogP contribution in [0.2, 0.25) is 0 Å². The van der Waals surface area contributed by atoms with Crippen molar-refractivity contribution < 1.29 is 14.3 Å². The van der Waals surface area contributed by atoms with E-state index in [0.717, 1.165) is 18.6 Å². The zero-order valence-corrected chi connectivity index (χ0v) is 10.1. The van der Waals surface area contributed by atoms with Gasteiger partial charge in [-0.05, 0) is 30.7 Å². The molecule has 17 heavy (non-hydrogen) atoms. The molecule has 3 nitrogen and oxygen atoms in total.